The molecule has 1 heterocycles. The third-order valence-corrected chi connectivity index (χ3v) is 3.50. The summed E-state index contributed by atoms with van der Waals surface area (Å²) in [4.78, 5) is 12.0. The fourth-order valence-electron chi connectivity index (χ4n) is 1.82. The fourth-order valence-corrected chi connectivity index (χ4v) is 2.36. The van der Waals surface area contributed by atoms with Crippen molar-refractivity contribution in [1.29, 1.82) is 0 Å². The van der Waals surface area contributed by atoms with Crippen LogP contribution in [0.2, 0.25) is 0 Å². The number of carbonyl (C=O) groups is 1. The Hall–Kier alpha value is -1.11. The van der Waals surface area contributed by atoms with E-state index in [9.17, 15) is 4.79 Å². The van der Waals surface area contributed by atoms with Gasteiger partial charge < -0.3 is 20.5 Å². The first kappa shape index (κ1) is 13.3. The molecule has 1 aliphatic rings. The maximum atomic E-state index is 12.0. The molecule has 1 aliphatic heterocycles. The van der Waals surface area contributed by atoms with Crippen molar-refractivity contribution in [2.75, 3.05) is 25.6 Å². The number of nitrogens with one attached hydrogen (secondary N) is 1. The van der Waals surface area contributed by atoms with Crippen molar-refractivity contribution in [1.82, 2.24) is 0 Å². The van der Waals surface area contributed by atoms with Gasteiger partial charge in [0, 0.05) is 11.7 Å². The highest BCUT2D eigenvalue weighted by molar-refractivity contribution is 9.10. The number of methoxy groups -OCH3 is 1. The Morgan fingerprint density at radius 2 is 2.33 bits per heavy atom. The Morgan fingerprint density at radius 1 is 1.56 bits per heavy atom. The van der Waals surface area contributed by atoms with E-state index < -0.39 is 0 Å². The summed E-state index contributed by atoms with van der Waals surface area (Å²) in [6, 6.07) is 5.12. The number of rotatable bonds is 3. The Kier molecular flexibility index (Phi) is 4.21. The third kappa shape index (κ3) is 2.82. The van der Waals surface area contributed by atoms with Crippen LogP contribution in [-0.4, -0.2) is 32.3 Å². The van der Waals surface area contributed by atoms with Crippen LogP contribution >= 0.6 is 15.9 Å². The summed E-state index contributed by atoms with van der Waals surface area (Å²) in [5.41, 5.74) is 6.49. The van der Waals surface area contributed by atoms with Gasteiger partial charge in [-0.2, -0.15) is 0 Å². The van der Waals surface area contributed by atoms with Gasteiger partial charge >= 0.3 is 0 Å². The molecule has 1 fully saturated rings. The van der Waals surface area contributed by atoms with Crippen LogP contribution in [0.5, 0.6) is 5.75 Å². The average molecular weight is 315 g/mol. The van der Waals surface area contributed by atoms with E-state index in [1.807, 2.05) is 0 Å². The lowest BCUT2D eigenvalue weighted by atomic mass is 10.0. The van der Waals surface area contributed by atoms with Crippen LogP contribution in [0.1, 0.15) is 0 Å². The highest BCUT2D eigenvalue weighted by atomic mass is 79.9. The van der Waals surface area contributed by atoms with Gasteiger partial charge in [-0.25, -0.2) is 0 Å². The lowest BCUT2D eigenvalue weighted by Gasteiger charge is -2.14. The molecule has 1 aromatic rings. The van der Waals surface area contributed by atoms with Gasteiger partial charge in [0.2, 0.25) is 5.91 Å². The number of hydrogen-bond acceptors (Lipinski definition) is 4. The van der Waals surface area contributed by atoms with Gasteiger partial charge in [0.25, 0.3) is 0 Å². The Labute approximate surface area is 114 Å². The summed E-state index contributed by atoms with van der Waals surface area (Å²) in [7, 11) is 1.59. The molecule has 1 aromatic carbocycles. The number of anilines is 1. The SMILES string of the molecule is COc1ccc(NC(=O)C2COCC2N)cc1Br. The van der Waals surface area contributed by atoms with E-state index >= 15 is 0 Å². The average Bonchev–Trinajstić information content (AvgIpc) is 2.76. The van der Waals surface area contributed by atoms with Crippen LogP contribution in [-0.2, 0) is 9.53 Å². The number of benzene rings is 1. The summed E-state index contributed by atoms with van der Waals surface area (Å²) in [5.74, 6) is 0.317. The summed E-state index contributed by atoms with van der Waals surface area (Å²) < 4.78 is 11.1. The highest BCUT2D eigenvalue weighted by Gasteiger charge is 2.31. The largest absolute Gasteiger partial charge is 0.496 e. The molecule has 0 aromatic heterocycles. The maximum Gasteiger partial charge on any atom is 0.231 e. The molecule has 0 spiro atoms. The Balaban J connectivity index is 2.05. The number of hydrogen-bond donors (Lipinski definition) is 2. The van der Waals surface area contributed by atoms with Crippen LogP contribution in [0.3, 0.4) is 0 Å². The molecule has 2 atom stereocenters. The van der Waals surface area contributed by atoms with Crippen molar-refractivity contribution in [2.45, 2.75) is 6.04 Å². The number of amides is 1. The number of nitrogens with two attached hydrogens (primary N) is 1. The molecule has 6 heteroatoms. The molecule has 5 nitrogen and oxygen atoms in total. The van der Waals surface area contributed by atoms with Gasteiger partial charge in [0.1, 0.15) is 5.75 Å². The minimum Gasteiger partial charge on any atom is -0.496 e. The first-order valence-corrected chi connectivity index (χ1v) is 6.39. The van der Waals surface area contributed by atoms with E-state index in [0.717, 1.165) is 4.47 Å². The van der Waals surface area contributed by atoms with Crippen molar-refractivity contribution >= 4 is 27.5 Å². The topological polar surface area (TPSA) is 73.6 Å². The molecule has 0 bridgehead atoms. The maximum absolute atomic E-state index is 12.0. The summed E-state index contributed by atoms with van der Waals surface area (Å²) in [6.45, 7) is 0.814. The standard InChI is InChI=1S/C12H15BrN2O3/c1-17-11-3-2-7(4-9(11)13)15-12(16)8-5-18-6-10(8)14/h2-4,8,10H,5-6,14H2,1H3,(H,15,16). The summed E-state index contributed by atoms with van der Waals surface area (Å²) in [6.07, 6.45) is 0. The van der Waals surface area contributed by atoms with Crippen molar-refractivity contribution in [3.8, 4) is 5.75 Å². The van der Waals surface area contributed by atoms with Crippen LogP contribution < -0.4 is 15.8 Å². The molecule has 3 N–H and O–H groups in total. The van der Waals surface area contributed by atoms with E-state index in [0.29, 0.717) is 24.7 Å². The Bertz CT molecular complexity index is 453. The van der Waals surface area contributed by atoms with Crippen molar-refractivity contribution < 1.29 is 14.3 Å². The Morgan fingerprint density at radius 3 is 2.89 bits per heavy atom. The van der Waals surface area contributed by atoms with Crippen molar-refractivity contribution in [3.05, 3.63) is 22.7 Å². The zero-order chi connectivity index (χ0) is 13.1. The monoisotopic (exact) mass is 314 g/mol. The summed E-state index contributed by atoms with van der Waals surface area (Å²) >= 11 is 3.37. The van der Waals surface area contributed by atoms with E-state index in [4.69, 9.17) is 15.2 Å². The number of ether oxygens (including phenoxy) is 2. The van der Waals surface area contributed by atoms with Crippen LogP contribution in [0.4, 0.5) is 5.69 Å². The number of halogens is 1. The molecule has 18 heavy (non-hydrogen) atoms. The van der Waals surface area contributed by atoms with E-state index in [1.54, 1.807) is 25.3 Å². The van der Waals surface area contributed by atoms with Crippen LogP contribution in [0.15, 0.2) is 22.7 Å². The van der Waals surface area contributed by atoms with Gasteiger partial charge in [-0.1, -0.05) is 0 Å². The zero-order valence-corrected chi connectivity index (χ0v) is 11.6. The van der Waals surface area contributed by atoms with Crippen molar-refractivity contribution in [3.63, 3.8) is 0 Å². The first-order valence-electron chi connectivity index (χ1n) is 5.59. The van der Waals surface area contributed by atoms with E-state index in [1.165, 1.54) is 0 Å². The normalized spacial score (nSPS) is 22.8. The number of carbonyl (C=O) groups excluding carboxylic acids is 1. The second kappa shape index (κ2) is 5.69. The smallest absolute Gasteiger partial charge is 0.231 e. The lowest BCUT2D eigenvalue weighted by Crippen LogP contribution is -2.37. The van der Waals surface area contributed by atoms with Crippen molar-refractivity contribution in [2.24, 2.45) is 11.7 Å². The van der Waals surface area contributed by atoms with E-state index in [2.05, 4.69) is 21.2 Å². The predicted molar refractivity (Wildman–Crippen MR) is 71.6 cm³/mol. The van der Waals surface area contributed by atoms with Crippen LogP contribution in [0.25, 0.3) is 0 Å². The third-order valence-electron chi connectivity index (χ3n) is 2.88. The zero-order valence-electron chi connectivity index (χ0n) is 9.98. The van der Waals surface area contributed by atoms with Crippen LogP contribution in [0, 0.1) is 5.92 Å². The van der Waals surface area contributed by atoms with Gasteiger partial charge in [0.15, 0.2) is 0 Å². The second-order valence-electron chi connectivity index (χ2n) is 4.15. The highest BCUT2D eigenvalue weighted by Crippen LogP contribution is 2.28. The molecule has 98 valence electrons. The second-order valence-corrected chi connectivity index (χ2v) is 5.00. The van der Waals surface area contributed by atoms with E-state index in [-0.39, 0.29) is 17.9 Å². The molecule has 1 saturated heterocycles. The predicted octanol–water partition coefficient (Wildman–Crippen LogP) is 1.37. The van der Waals surface area contributed by atoms with Gasteiger partial charge in [-0.15, -0.1) is 0 Å². The minimum absolute atomic E-state index is 0.114. The molecule has 1 amide bonds. The molecular formula is C12H15BrN2O3. The van der Waals surface area contributed by atoms with Gasteiger partial charge in [-0.3, -0.25) is 4.79 Å². The molecular weight excluding hydrogens is 300 g/mol. The van der Waals surface area contributed by atoms with Gasteiger partial charge in [0.05, 0.1) is 30.7 Å². The molecule has 2 unspecified atom stereocenters. The fraction of sp³-hybridized carbons (Fsp3) is 0.417. The first-order chi connectivity index (χ1) is 8.61. The summed E-state index contributed by atoms with van der Waals surface area (Å²) in [5, 5.41) is 2.82. The quantitative estimate of drug-likeness (QED) is 0.883. The molecule has 0 radical (unpaired) electrons. The van der Waals surface area contributed by atoms with Gasteiger partial charge in [-0.05, 0) is 34.1 Å². The molecule has 0 aliphatic carbocycles. The molecule has 0 saturated carbocycles. The minimum atomic E-state index is -0.286. The lowest BCUT2D eigenvalue weighted by molar-refractivity contribution is -0.120. The molecule has 2 rings (SSSR count).